The summed E-state index contributed by atoms with van der Waals surface area (Å²) in [6, 6.07) is 7.10. The molecule has 3 aromatic rings. The number of aromatic nitrogens is 4. The average Bonchev–Trinajstić information content (AvgIpc) is 3.65. The molecule has 0 radical (unpaired) electrons. The summed E-state index contributed by atoms with van der Waals surface area (Å²) in [6.45, 7) is 1.83. The van der Waals surface area contributed by atoms with Crippen molar-refractivity contribution in [1.82, 2.24) is 25.4 Å². The van der Waals surface area contributed by atoms with Crippen LogP contribution in [0.3, 0.4) is 0 Å². The van der Waals surface area contributed by atoms with E-state index in [1.807, 2.05) is 25.1 Å². The first kappa shape index (κ1) is 17.0. The summed E-state index contributed by atoms with van der Waals surface area (Å²) in [6.07, 6.45) is 8.15. The molecule has 3 heterocycles. The van der Waals surface area contributed by atoms with Crippen molar-refractivity contribution in [2.45, 2.75) is 50.5 Å². The van der Waals surface area contributed by atoms with Gasteiger partial charge in [-0.2, -0.15) is 4.98 Å². The number of rotatable bonds is 6. The van der Waals surface area contributed by atoms with E-state index in [0.29, 0.717) is 29.1 Å². The Balaban J connectivity index is 1.29. The van der Waals surface area contributed by atoms with E-state index in [-0.39, 0.29) is 5.91 Å². The molecule has 2 saturated carbocycles. The molecular formula is C21H21N5O2. The molecule has 0 saturated heterocycles. The van der Waals surface area contributed by atoms with Crippen LogP contribution in [-0.2, 0) is 0 Å². The van der Waals surface area contributed by atoms with Gasteiger partial charge in [0.2, 0.25) is 11.7 Å². The number of nitrogens with one attached hydrogen (secondary N) is 1. The monoisotopic (exact) mass is 375 g/mol. The number of pyridine rings is 2. The molecule has 28 heavy (non-hydrogen) atoms. The van der Waals surface area contributed by atoms with Crippen LogP contribution in [0.15, 0.2) is 41.2 Å². The van der Waals surface area contributed by atoms with Crippen molar-refractivity contribution in [3.05, 3.63) is 59.5 Å². The molecule has 2 aliphatic carbocycles. The van der Waals surface area contributed by atoms with Gasteiger partial charge in [0.25, 0.3) is 5.91 Å². The molecule has 0 unspecified atom stereocenters. The SMILES string of the molecule is C[C@H](NC(=O)c1ccnc(C2CC2)c1)c1nc(-c2ccnc(C3CC3)c2)no1. The van der Waals surface area contributed by atoms with E-state index in [1.54, 1.807) is 18.5 Å². The molecule has 0 aliphatic heterocycles. The zero-order valence-electron chi connectivity index (χ0n) is 15.6. The summed E-state index contributed by atoms with van der Waals surface area (Å²) in [5.74, 6) is 1.79. The van der Waals surface area contributed by atoms with Gasteiger partial charge < -0.3 is 9.84 Å². The van der Waals surface area contributed by atoms with Crippen molar-refractivity contribution in [3.8, 4) is 11.4 Å². The van der Waals surface area contributed by atoms with Crippen LogP contribution >= 0.6 is 0 Å². The smallest absolute Gasteiger partial charge is 0.252 e. The van der Waals surface area contributed by atoms with Crippen LogP contribution in [0.5, 0.6) is 0 Å². The second-order valence-corrected chi connectivity index (χ2v) is 7.64. The minimum atomic E-state index is -0.393. The number of amides is 1. The van der Waals surface area contributed by atoms with Crippen molar-refractivity contribution in [3.63, 3.8) is 0 Å². The Kier molecular flexibility index (Phi) is 4.15. The van der Waals surface area contributed by atoms with E-state index >= 15 is 0 Å². The van der Waals surface area contributed by atoms with Crippen LogP contribution in [-0.4, -0.2) is 26.0 Å². The first-order valence-electron chi connectivity index (χ1n) is 9.74. The van der Waals surface area contributed by atoms with Crippen molar-refractivity contribution >= 4 is 5.91 Å². The molecule has 7 nitrogen and oxygen atoms in total. The summed E-state index contributed by atoms with van der Waals surface area (Å²) >= 11 is 0. The van der Waals surface area contributed by atoms with Crippen LogP contribution in [0, 0.1) is 0 Å². The Morgan fingerprint density at radius 3 is 2.46 bits per heavy atom. The van der Waals surface area contributed by atoms with Gasteiger partial charge in [0.1, 0.15) is 6.04 Å². The van der Waals surface area contributed by atoms with Gasteiger partial charge >= 0.3 is 0 Å². The highest BCUT2D eigenvalue weighted by atomic mass is 16.5. The van der Waals surface area contributed by atoms with Crippen LogP contribution in [0.1, 0.15) is 78.1 Å². The third-order valence-electron chi connectivity index (χ3n) is 5.23. The van der Waals surface area contributed by atoms with Gasteiger partial charge in [-0.25, -0.2) is 0 Å². The van der Waals surface area contributed by atoms with Gasteiger partial charge in [-0.15, -0.1) is 0 Å². The summed E-state index contributed by atoms with van der Waals surface area (Å²) < 4.78 is 5.40. The van der Waals surface area contributed by atoms with Crippen LogP contribution < -0.4 is 5.32 Å². The minimum absolute atomic E-state index is 0.170. The number of hydrogen-bond acceptors (Lipinski definition) is 6. The van der Waals surface area contributed by atoms with Crippen molar-refractivity contribution < 1.29 is 9.32 Å². The van der Waals surface area contributed by atoms with E-state index in [1.165, 1.54) is 12.8 Å². The lowest BCUT2D eigenvalue weighted by Crippen LogP contribution is -2.27. The lowest BCUT2D eigenvalue weighted by molar-refractivity contribution is 0.0932. The molecule has 5 rings (SSSR count). The van der Waals surface area contributed by atoms with E-state index in [9.17, 15) is 4.79 Å². The van der Waals surface area contributed by atoms with Crippen LogP contribution in [0.4, 0.5) is 0 Å². The molecule has 1 N–H and O–H groups in total. The molecule has 1 atom stereocenters. The minimum Gasteiger partial charge on any atom is -0.341 e. The number of carbonyl (C=O) groups is 1. The van der Waals surface area contributed by atoms with E-state index < -0.39 is 6.04 Å². The second-order valence-electron chi connectivity index (χ2n) is 7.64. The van der Waals surface area contributed by atoms with E-state index in [2.05, 4.69) is 25.4 Å². The van der Waals surface area contributed by atoms with E-state index in [0.717, 1.165) is 29.8 Å². The topological polar surface area (TPSA) is 93.8 Å². The van der Waals surface area contributed by atoms with Crippen molar-refractivity contribution in [1.29, 1.82) is 0 Å². The van der Waals surface area contributed by atoms with E-state index in [4.69, 9.17) is 4.52 Å². The van der Waals surface area contributed by atoms with Crippen LogP contribution in [0.2, 0.25) is 0 Å². The third-order valence-corrected chi connectivity index (χ3v) is 5.23. The predicted octanol–water partition coefficient (Wildman–Crippen LogP) is 3.77. The maximum absolute atomic E-state index is 12.6. The average molecular weight is 375 g/mol. The molecule has 3 aromatic heterocycles. The zero-order chi connectivity index (χ0) is 19.1. The molecule has 142 valence electrons. The zero-order valence-corrected chi connectivity index (χ0v) is 15.6. The second kappa shape index (κ2) is 6.82. The predicted molar refractivity (Wildman–Crippen MR) is 102 cm³/mol. The Labute approximate surface area is 162 Å². The normalized spacial score (nSPS) is 17.3. The summed E-state index contributed by atoms with van der Waals surface area (Å²) in [7, 11) is 0. The fourth-order valence-corrected chi connectivity index (χ4v) is 3.25. The Morgan fingerprint density at radius 1 is 1.07 bits per heavy atom. The van der Waals surface area contributed by atoms with Crippen molar-refractivity contribution in [2.24, 2.45) is 0 Å². The van der Waals surface area contributed by atoms with Gasteiger partial charge in [-0.05, 0) is 56.9 Å². The Hall–Kier alpha value is -3.09. The quantitative estimate of drug-likeness (QED) is 0.705. The maximum atomic E-state index is 12.6. The molecule has 0 aromatic carbocycles. The van der Waals surface area contributed by atoms with Crippen molar-refractivity contribution in [2.75, 3.05) is 0 Å². The lowest BCUT2D eigenvalue weighted by Gasteiger charge is -2.10. The number of hydrogen-bond donors (Lipinski definition) is 1. The lowest BCUT2D eigenvalue weighted by atomic mass is 10.1. The largest absolute Gasteiger partial charge is 0.341 e. The van der Waals surface area contributed by atoms with Gasteiger partial charge in [0, 0.05) is 46.7 Å². The summed E-state index contributed by atoms with van der Waals surface area (Å²) in [5.41, 5.74) is 3.55. The molecular weight excluding hydrogens is 354 g/mol. The molecule has 7 heteroatoms. The van der Waals surface area contributed by atoms with Gasteiger partial charge in [0.15, 0.2) is 0 Å². The molecule has 1 amide bonds. The van der Waals surface area contributed by atoms with Gasteiger partial charge in [-0.3, -0.25) is 14.8 Å². The highest BCUT2D eigenvalue weighted by molar-refractivity contribution is 5.94. The third kappa shape index (κ3) is 3.52. The summed E-state index contributed by atoms with van der Waals surface area (Å²) in [5, 5.41) is 7.01. The standard InChI is InChI=1S/C21H21N5O2/c1-12(24-20(27)16-7-9-23-18(11-16)14-4-5-14)21-25-19(26-28-21)15-6-8-22-17(10-15)13-2-3-13/h6-14H,2-5H2,1H3,(H,24,27)/t12-/m0/s1. The first-order valence-corrected chi connectivity index (χ1v) is 9.74. The molecule has 2 fully saturated rings. The van der Waals surface area contributed by atoms with Crippen LogP contribution in [0.25, 0.3) is 11.4 Å². The Morgan fingerprint density at radius 2 is 1.75 bits per heavy atom. The van der Waals surface area contributed by atoms with Gasteiger partial charge in [0.05, 0.1) is 0 Å². The highest BCUT2D eigenvalue weighted by Crippen LogP contribution is 2.40. The highest BCUT2D eigenvalue weighted by Gasteiger charge is 2.27. The molecule has 0 spiro atoms. The number of carbonyl (C=O) groups excluding carboxylic acids is 1. The molecule has 0 bridgehead atoms. The number of nitrogens with zero attached hydrogens (tertiary/aromatic N) is 4. The molecule has 2 aliphatic rings. The maximum Gasteiger partial charge on any atom is 0.252 e. The fraction of sp³-hybridized carbons (Fsp3) is 0.381. The first-order chi connectivity index (χ1) is 13.7. The fourth-order valence-electron chi connectivity index (χ4n) is 3.25. The summed E-state index contributed by atoms with van der Waals surface area (Å²) in [4.78, 5) is 25.8. The van der Waals surface area contributed by atoms with Gasteiger partial charge in [-0.1, -0.05) is 5.16 Å². The Bertz CT molecular complexity index is 1020.